The van der Waals surface area contributed by atoms with Crippen molar-refractivity contribution in [2.24, 2.45) is 0 Å². The SMILES string of the molecule is CO[C@H]1O[C@H](COC(=O)Oc2ccc([N+](=O)[O-])cc2)[C@@H](OC(=O)c2ccc(C)cc2)[C@H](OC(=O)c2ccc(C)cc2)[C@@H]1OC(=O)c1ccc(C)cc1. The van der Waals surface area contributed by atoms with Crippen LogP contribution in [0.25, 0.3) is 0 Å². The maximum Gasteiger partial charge on any atom is 0.513 e. The summed E-state index contributed by atoms with van der Waals surface area (Å²) in [5.74, 6) is -2.54. The lowest BCUT2D eigenvalue weighted by Gasteiger charge is -2.43. The molecule has 1 aliphatic heterocycles. The largest absolute Gasteiger partial charge is 0.513 e. The predicted molar refractivity (Wildman–Crippen MR) is 182 cm³/mol. The molecule has 0 saturated carbocycles. The van der Waals surface area contributed by atoms with Crippen LogP contribution in [0.15, 0.2) is 97.1 Å². The van der Waals surface area contributed by atoms with Gasteiger partial charge in [-0.2, -0.15) is 0 Å². The third-order valence-corrected chi connectivity index (χ3v) is 8.03. The maximum atomic E-state index is 13.6. The Morgan fingerprint density at radius 1 is 0.635 bits per heavy atom. The number of hydrogen-bond donors (Lipinski definition) is 0. The number of non-ortho nitro benzene ring substituents is 1. The summed E-state index contributed by atoms with van der Waals surface area (Å²) in [6, 6.07) is 24.2. The van der Waals surface area contributed by atoms with Crippen LogP contribution >= 0.6 is 0 Å². The molecule has 0 bridgehead atoms. The summed E-state index contributed by atoms with van der Waals surface area (Å²) in [6.45, 7) is 4.90. The number of hydrogen-bond acceptors (Lipinski definition) is 13. The first-order chi connectivity index (χ1) is 24.9. The summed E-state index contributed by atoms with van der Waals surface area (Å²) in [5.41, 5.74) is 2.92. The topological polar surface area (TPSA) is 176 Å². The van der Waals surface area contributed by atoms with Gasteiger partial charge >= 0.3 is 24.1 Å². The van der Waals surface area contributed by atoms with Crippen LogP contribution in [0.5, 0.6) is 5.75 Å². The Kier molecular flexibility index (Phi) is 11.9. The lowest BCUT2D eigenvalue weighted by molar-refractivity contribution is -0.384. The van der Waals surface area contributed by atoms with Gasteiger partial charge in [0.05, 0.1) is 21.6 Å². The molecular formula is C38H35NO13. The van der Waals surface area contributed by atoms with E-state index in [1.165, 1.54) is 31.4 Å². The highest BCUT2D eigenvalue weighted by molar-refractivity contribution is 5.91. The van der Waals surface area contributed by atoms with Gasteiger partial charge in [-0.25, -0.2) is 19.2 Å². The third-order valence-electron chi connectivity index (χ3n) is 8.03. The van der Waals surface area contributed by atoms with E-state index in [1.807, 2.05) is 20.8 Å². The van der Waals surface area contributed by atoms with Crippen LogP contribution in [-0.2, 0) is 28.4 Å². The van der Waals surface area contributed by atoms with Crippen molar-refractivity contribution < 1.29 is 57.3 Å². The number of nitro groups is 1. The Morgan fingerprint density at radius 2 is 1.06 bits per heavy atom. The molecule has 0 aromatic heterocycles. The Hall–Kier alpha value is -6.12. The quantitative estimate of drug-likeness (QED) is 0.0575. The second kappa shape index (κ2) is 16.7. The Balaban J connectivity index is 1.47. The molecule has 5 atom stereocenters. The van der Waals surface area contributed by atoms with Crippen molar-refractivity contribution in [2.75, 3.05) is 13.7 Å². The number of aryl methyl sites for hydroxylation is 3. The molecular weight excluding hydrogens is 678 g/mol. The highest BCUT2D eigenvalue weighted by Crippen LogP contribution is 2.31. The Bertz CT molecular complexity index is 1890. The van der Waals surface area contributed by atoms with E-state index in [0.717, 1.165) is 28.8 Å². The first-order valence-electron chi connectivity index (χ1n) is 16.0. The van der Waals surface area contributed by atoms with Crippen molar-refractivity contribution in [1.82, 2.24) is 0 Å². The molecule has 0 N–H and O–H groups in total. The number of ether oxygens (including phenoxy) is 7. The second-order valence-electron chi connectivity index (χ2n) is 11.9. The van der Waals surface area contributed by atoms with Gasteiger partial charge in [0.1, 0.15) is 18.5 Å². The van der Waals surface area contributed by atoms with Gasteiger partial charge < -0.3 is 33.2 Å². The molecule has 14 heteroatoms. The van der Waals surface area contributed by atoms with E-state index in [1.54, 1.807) is 60.7 Å². The van der Waals surface area contributed by atoms with Crippen LogP contribution in [0.4, 0.5) is 10.5 Å². The van der Waals surface area contributed by atoms with Gasteiger partial charge in [-0.3, -0.25) is 10.1 Å². The smallest absolute Gasteiger partial charge is 0.452 e. The summed E-state index contributed by atoms with van der Waals surface area (Å²) in [5, 5.41) is 11.0. The Morgan fingerprint density at radius 3 is 1.48 bits per heavy atom. The van der Waals surface area contributed by atoms with Gasteiger partial charge in [-0.05, 0) is 69.3 Å². The minimum atomic E-state index is -1.56. The van der Waals surface area contributed by atoms with Gasteiger partial charge in [0, 0.05) is 19.2 Å². The first-order valence-corrected chi connectivity index (χ1v) is 16.0. The normalized spacial score (nSPS) is 19.5. The van der Waals surface area contributed by atoms with Crippen LogP contribution in [0.3, 0.4) is 0 Å². The summed E-state index contributed by atoms with van der Waals surface area (Å²) in [6.07, 6.45) is -8.61. The molecule has 270 valence electrons. The minimum Gasteiger partial charge on any atom is -0.452 e. The fourth-order valence-electron chi connectivity index (χ4n) is 5.16. The van der Waals surface area contributed by atoms with Gasteiger partial charge in [0.25, 0.3) is 5.69 Å². The average Bonchev–Trinajstić information content (AvgIpc) is 3.13. The number of carbonyl (C=O) groups excluding carboxylic acids is 4. The molecule has 1 heterocycles. The number of methoxy groups -OCH3 is 1. The molecule has 0 unspecified atom stereocenters. The molecule has 4 aromatic carbocycles. The average molecular weight is 714 g/mol. The zero-order valence-electron chi connectivity index (χ0n) is 28.6. The summed E-state index contributed by atoms with van der Waals surface area (Å²) < 4.78 is 39.9. The fourth-order valence-corrected chi connectivity index (χ4v) is 5.16. The summed E-state index contributed by atoms with van der Waals surface area (Å²) in [4.78, 5) is 63.7. The van der Waals surface area contributed by atoms with Crippen molar-refractivity contribution in [3.8, 4) is 5.75 Å². The van der Waals surface area contributed by atoms with Crippen molar-refractivity contribution in [2.45, 2.75) is 51.5 Å². The molecule has 1 fully saturated rings. The number of carbonyl (C=O) groups is 4. The van der Waals surface area contributed by atoms with Gasteiger partial charge in [0.15, 0.2) is 24.6 Å². The molecule has 14 nitrogen and oxygen atoms in total. The van der Waals surface area contributed by atoms with E-state index < -0.39 is 66.3 Å². The van der Waals surface area contributed by atoms with E-state index in [0.29, 0.717) is 0 Å². The monoisotopic (exact) mass is 713 g/mol. The number of nitrogens with zero attached hydrogens (tertiary/aromatic N) is 1. The fraction of sp³-hybridized carbons (Fsp3) is 0.263. The lowest BCUT2D eigenvalue weighted by atomic mass is 9.97. The molecule has 0 spiro atoms. The van der Waals surface area contributed by atoms with Crippen molar-refractivity contribution in [3.63, 3.8) is 0 Å². The second-order valence-corrected chi connectivity index (χ2v) is 11.9. The minimum absolute atomic E-state index is 0.0507. The van der Waals surface area contributed by atoms with E-state index >= 15 is 0 Å². The predicted octanol–water partition coefficient (Wildman–Crippen LogP) is 6.08. The first kappa shape index (κ1) is 37.1. The summed E-state index contributed by atoms with van der Waals surface area (Å²) >= 11 is 0. The van der Waals surface area contributed by atoms with Gasteiger partial charge in [-0.15, -0.1) is 0 Å². The maximum absolute atomic E-state index is 13.6. The van der Waals surface area contributed by atoms with E-state index in [2.05, 4.69) is 0 Å². The zero-order valence-corrected chi connectivity index (χ0v) is 28.6. The molecule has 0 radical (unpaired) electrons. The van der Waals surface area contributed by atoms with E-state index in [-0.39, 0.29) is 28.1 Å². The highest BCUT2D eigenvalue weighted by atomic mass is 16.8. The van der Waals surface area contributed by atoms with Crippen LogP contribution in [0, 0.1) is 30.9 Å². The standard InChI is InChI=1S/C38H35NO13/c1-22-5-11-25(12-6-22)34(40)50-31-30(21-47-38(43)48-29-19-17-28(18-20-29)39(44)45)49-37(46-4)33(52-36(42)27-15-9-24(3)10-16-27)32(31)51-35(41)26-13-7-23(2)8-14-26/h5-20,30-33,37H,21H2,1-4H3/t30-,31-,32+,33+,37+/m1/s1. The molecule has 52 heavy (non-hydrogen) atoms. The number of esters is 3. The van der Waals surface area contributed by atoms with Gasteiger partial charge in [-0.1, -0.05) is 53.1 Å². The highest BCUT2D eigenvalue weighted by Gasteiger charge is 2.53. The van der Waals surface area contributed by atoms with Crippen molar-refractivity contribution >= 4 is 29.8 Å². The zero-order chi connectivity index (χ0) is 37.4. The third kappa shape index (κ3) is 9.35. The lowest BCUT2D eigenvalue weighted by Crippen LogP contribution is -2.63. The molecule has 0 aliphatic carbocycles. The van der Waals surface area contributed by atoms with E-state index in [4.69, 9.17) is 33.2 Å². The molecule has 4 aromatic rings. The molecule has 5 rings (SSSR count). The molecule has 1 aliphatic rings. The number of rotatable bonds is 11. The van der Waals surface area contributed by atoms with Crippen molar-refractivity contribution in [3.05, 3.63) is 141 Å². The van der Waals surface area contributed by atoms with Crippen LogP contribution < -0.4 is 4.74 Å². The Labute approximate surface area is 298 Å². The van der Waals surface area contributed by atoms with Crippen LogP contribution in [-0.4, -0.2) is 73.4 Å². The van der Waals surface area contributed by atoms with Crippen LogP contribution in [0.2, 0.25) is 0 Å². The van der Waals surface area contributed by atoms with Crippen molar-refractivity contribution in [1.29, 1.82) is 0 Å². The van der Waals surface area contributed by atoms with Gasteiger partial charge in [0.2, 0.25) is 0 Å². The molecule has 0 amide bonds. The van der Waals surface area contributed by atoms with E-state index in [9.17, 15) is 29.3 Å². The number of benzene rings is 4. The molecule has 1 saturated heterocycles. The number of nitro benzene ring substituents is 1. The summed E-state index contributed by atoms with van der Waals surface area (Å²) in [7, 11) is 1.26. The van der Waals surface area contributed by atoms with Crippen LogP contribution in [0.1, 0.15) is 47.8 Å².